The van der Waals surface area contributed by atoms with Gasteiger partial charge in [0.25, 0.3) is 0 Å². The van der Waals surface area contributed by atoms with E-state index in [0.717, 1.165) is 37.7 Å². The molecule has 1 aromatic carbocycles. The lowest BCUT2D eigenvalue weighted by Crippen LogP contribution is -2.27. The molecule has 1 fully saturated rings. The number of nitrogens with zero attached hydrogens (tertiary/aromatic N) is 2. The lowest BCUT2D eigenvalue weighted by atomic mass is 9.94. The molecule has 0 aliphatic carbocycles. The fourth-order valence-electron chi connectivity index (χ4n) is 2.99. The number of aromatic nitrogens is 2. The van der Waals surface area contributed by atoms with Crippen molar-refractivity contribution in [1.82, 2.24) is 15.3 Å². The zero-order valence-electron chi connectivity index (χ0n) is 13.2. The molecule has 1 aliphatic heterocycles. The van der Waals surface area contributed by atoms with E-state index in [-0.39, 0.29) is 0 Å². The SMILES string of the molecule is Cc1nc(NCCc2ccccc2)cc(C2CCNCC2)n1. The van der Waals surface area contributed by atoms with Crippen molar-refractivity contribution in [2.75, 3.05) is 25.0 Å². The van der Waals surface area contributed by atoms with Gasteiger partial charge in [0.2, 0.25) is 0 Å². The van der Waals surface area contributed by atoms with Crippen molar-refractivity contribution < 1.29 is 0 Å². The van der Waals surface area contributed by atoms with Crippen molar-refractivity contribution >= 4 is 5.82 Å². The van der Waals surface area contributed by atoms with Gasteiger partial charge in [0.15, 0.2) is 0 Å². The van der Waals surface area contributed by atoms with E-state index < -0.39 is 0 Å². The van der Waals surface area contributed by atoms with Crippen molar-refractivity contribution in [3.05, 3.63) is 53.5 Å². The fourth-order valence-corrected chi connectivity index (χ4v) is 2.99. The zero-order chi connectivity index (χ0) is 15.2. The number of nitrogens with one attached hydrogen (secondary N) is 2. The summed E-state index contributed by atoms with van der Waals surface area (Å²) in [7, 11) is 0. The average molecular weight is 296 g/mol. The molecule has 0 amide bonds. The zero-order valence-corrected chi connectivity index (χ0v) is 13.2. The van der Waals surface area contributed by atoms with E-state index >= 15 is 0 Å². The van der Waals surface area contributed by atoms with Crippen LogP contribution in [0.1, 0.15) is 35.8 Å². The van der Waals surface area contributed by atoms with Crippen LogP contribution in [0.5, 0.6) is 0 Å². The summed E-state index contributed by atoms with van der Waals surface area (Å²) in [4.78, 5) is 9.17. The predicted octanol–water partition coefficient (Wildman–Crippen LogP) is 2.91. The molecule has 0 radical (unpaired) electrons. The van der Waals surface area contributed by atoms with Gasteiger partial charge in [-0.1, -0.05) is 30.3 Å². The van der Waals surface area contributed by atoms with E-state index in [1.54, 1.807) is 0 Å². The van der Waals surface area contributed by atoms with E-state index in [1.807, 2.05) is 6.92 Å². The van der Waals surface area contributed by atoms with E-state index in [1.165, 1.54) is 24.1 Å². The van der Waals surface area contributed by atoms with E-state index in [0.29, 0.717) is 5.92 Å². The standard InChI is InChI=1S/C18H24N4/c1-14-21-17(16-8-10-19-11-9-16)13-18(22-14)20-12-7-15-5-3-2-4-6-15/h2-6,13,16,19H,7-12H2,1H3,(H,20,21,22). The van der Waals surface area contributed by atoms with E-state index in [4.69, 9.17) is 0 Å². The molecule has 4 nitrogen and oxygen atoms in total. The Labute approximate surface area is 132 Å². The summed E-state index contributed by atoms with van der Waals surface area (Å²) in [6.45, 7) is 5.05. The maximum Gasteiger partial charge on any atom is 0.129 e. The molecule has 22 heavy (non-hydrogen) atoms. The second-order valence-corrected chi connectivity index (χ2v) is 5.91. The fraction of sp³-hybridized carbons (Fsp3) is 0.444. The molecular formula is C18H24N4. The quantitative estimate of drug-likeness (QED) is 0.891. The van der Waals surface area contributed by atoms with Crippen molar-refractivity contribution in [3.63, 3.8) is 0 Å². The minimum Gasteiger partial charge on any atom is -0.370 e. The third-order valence-corrected chi connectivity index (χ3v) is 4.18. The predicted molar refractivity (Wildman–Crippen MR) is 90.2 cm³/mol. The molecule has 1 saturated heterocycles. The van der Waals surface area contributed by atoms with Gasteiger partial charge in [0, 0.05) is 24.2 Å². The van der Waals surface area contributed by atoms with Crippen LogP contribution in [0.15, 0.2) is 36.4 Å². The first-order valence-electron chi connectivity index (χ1n) is 8.15. The van der Waals surface area contributed by atoms with Crippen LogP contribution < -0.4 is 10.6 Å². The summed E-state index contributed by atoms with van der Waals surface area (Å²) in [5, 5.41) is 6.85. The largest absolute Gasteiger partial charge is 0.370 e. The Balaban J connectivity index is 1.62. The smallest absolute Gasteiger partial charge is 0.129 e. The van der Waals surface area contributed by atoms with Crippen molar-refractivity contribution in [1.29, 1.82) is 0 Å². The summed E-state index contributed by atoms with van der Waals surface area (Å²) < 4.78 is 0. The number of aryl methyl sites for hydroxylation is 1. The van der Waals surface area contributed by atoms with Crippen LogP contribution in [-0.4, -0.2) is 29.6 Å². The summed E-state index contributed by atoms with van der Waals surface area (Å²) >= 11 is 0. The van der Waals surface area contributed by atoms with Crippen LogP contribution in [0.2, 0.25) is 0 Å². The summed E-state index contributed by atoms with van der Waals surface area (Å²) in [6.07, 6.45) is 3.34. The van der Waals surface area contributed by atoms with Crippen LogP contribution >= 0.6 is 0 Å². The van der Waals surface area contributed by atoms with Crippen LogP contribution in [-0.2, 0) is 6.42 Å². The molecule has 0 unspecified atom stereocenters. The second-order valence-electron chi connectivity index (χ2n) is 5.91. The molecule has 116 valence electrons. The maximum atomic E-state index is 4.64. The van der Waals surface area contributed by atoms with Gasteiger partial charge in [-0.25, -0.2) is 9.97 Å². The molecular weight excluding hydrogens is 272 g/mol. The van der Waals surface area contributed by atoms with Crippen molar-refractivity contribution in [2.24, 2.45) is 0 Å². The number of benzene rings is 1. The van der Waals surface area contributed by atoms with Crippen LogP contribution in [0.4, 0.5) is 5.82 Å². The molecule has 2 N–H and O–H groups in total. The minimum atomic E-state index is 0.567. The van der Waals surface area contributed by atoms with Crippen LogP contribution in [0.3, 0.4) is 0 Å². The van der Waals surface area contributed by atoms with Gasteiger partial charge >= 0.3 is 0 Å². The summed E-state index contributed by atoms with van der Waals surface area (Å²) in [5.74, 6) is 2.38. The number of hydrogen-bond donors (Lipinski definition) is 2. The molecule has 3 rings (SSSR count). The molecule has 2 aromatic rings. The van der Waals surface area contributed by atoms with E-state index in [9.17, 15) is 0 Å². The molecule has 1 aromatic heterocycles. The van der Waals surface area contributed by atoms with Gasteiger partial charge in [0.05, 0.1) is 0 Å². The highest BCUT2D eigenvalue weighted by molar-refractivity contribution is 5.37. The first-order valence-corrected chi connectivity index (χ1v) is 8.15. The van der Waals surface area contributed by atoms with Gasteiger partial charge in [-0.15, -0.1) is 0 Å². The van der Waals surface area contributed by atoms with Crippen LogP contribution in [0.25, 0.3) is 0 Å². The molecule has 0 atom stereocenters. The highest BCUT2D eigenvalue weighted by atomic mass is 15.0. The molecule has 0 spiro atoms. The first kappa shape index (κ1) is 15.0. The van der Waals surface area contributed by atoms with Gasteiger partial charge in [-0.2, -0.15) is 0 Å². The molecule has 2 heterocycles. The molecule has 4 heteroatoms. The monoisotopic (exact) mass is 296 g/mol. The molecule has 0 bridgehead atoms. The average Bonchev–Trinajstić information content (AvgIpc) is 2.56. The highest BCUT2D eigenvalue weighted by Gasteiger charge is 2.17. The Kier molecular flexibility index (Phi) is 5.01. The number of anilines is 1. The Bertz CT molecular complexity index is 591. The van der Waals surface area contributed by atoms with Gasteiger partial charge in [-0.05, 0) is 44.8 Å². The highest BCUT2D eigenvalue weighted by Crippen LogP contribution is 2.25. The third-order valence-electron chi connectivity index (χ3n) is 4.18. The Morgan fingerprint density at radius 1 is 1.14 bits per heavy atom. The second kappa shape index (κ2) is 7.36. The number of rotatable bonds is 5. The van der Waals surface area contributed by atoms with Gasteiger partial charge in [-0.3, -0.25) is 0 Å². The summed E-state index contributed by atoms with van der Waals surface area (Å²) in [6, 6.07) is 12.7. The van der Waals surface area contributed by atoms with E-state index in [2.05, 4.69) is 57.0 Å². The number of piperidine rings is 1. The van der Waals surface area contributed by atoms with Crippen molar-refractivity contribution in [2.45, 2.75) is 32.1 Å². The van der Waals surface area contributed by atoms with Gasteiger partial charge in [0.1, 0.15) is 11.6 Å². The molecule has 0 saturated carbocycles. The lowest BCUT2D eigenvalue weighted by molar-refractivity contribution is 0.452. The lowest BCUT2D eigenvalue weighted by Gasteiger charge is -2.22. The normalized spacial score (nSPS) is 15.7. The van der Waals surface area contributed by atoms with Gasteiger partial charge < -0.3 is 10.6 Å². The Morgan fingerprint density at radius 2 is 1.91 bits per heavy atom. The van der Waals surface area contributed by atoms with Crippen LogP contribution in [0, 0.1) is 6.92 Å². The van der Waals surface area contributed by atoms with Crippen molar-refractivity contribution in [3.8, 4) is 0 Å². The number of hydrogen-bond acceptors (Lipinski definition) is 4. The third kappa shape index (κ3) is 4.04. The topological polar surface area (TPSA) is 49.8 Å². The summed E-state index contributed by atoms with van der Waals surface area (Å²) in [5.41, 5.74) is 2.54. The molecule has 1 aliphatic rings. The Hall–Kier alpha value is -1.94. The maximum absolute atomic E-state index is 4.64. The first-order chi connectivity index (χ1) is 10.8. The minimum absolute atomic E-state index is 0.567. The Morgan fingerprint density at radius 3 is 2.68 bits per heavy atom.